The van der Waals surface area contributed by atoms with Gasteiger partial charge in [-0.25, -0.2) is 0 Å². The summed E-state index contributed by atoms with van der Waals surface area (Å²) in [5.74, 6) is 0.522. The van der Waals surface area contributed by atoms with Gasteiger partial charge in [0, 0.05) is 5.02 Å². The molecule has 0 aliphatic rings. The summed E-state index contributed by atoms with van der Waals surface area (Å²) in [5, 5.41) is 0.802. The van der Waals surface area contributed by atoms with Gasteiger partial charge in [0.15, 0.2) is 0 Å². The van der Waals surface area contributed by atoms with Crippen molar-refractivity contribution in [2.45, 2.75) is 26.2 Å². The summed E-state index contributed by atoms with van der Waals surface area (Å²) < 4.78 is 0. The van der Waals surface area contributed by atoms with Gasteiger partial charge in [0.1, 0.15) is 0 Å². The van der Waals surface area contributed by atoms with E-state index in [2.05, 4.69) is 50.2 Å². The number of aryl methyl sites for hydroxylation is 1. The van der Waals surface area contributed by atoms with Crippen LogP contribution in [0.3, 0.4) is 0 Å². The molecule has 2 aromatic rings. The van der Waals surface area contributed by atoms with E-state index in [9.17, 15) is 0 Å². The highest BCUT2D eigenvalue weighted by molar-refractivity contribution is 6.30. The van der Waals surface area contributed by atoms with Crippen molar-refractivity contribution in [1.82, 2.24) is 0 Å². The van der Waals surface area contributed by atoms with Crippen LogP contribution in [-0.2, 0) is 6.42 Å². The maximum atomic E-state index is 5.90. The molecule has 0 heterocycles. The van der Waals surface area contributed by atoms with Crippen LogP contribution < -0.4 is 0 Å². The number of hydrogen-bond donors (Lipinski definition) is 0. The first-order valence-electron chi connectivity index (χ1n) is 5.96. The van der Waals surface area contributed by atoms with Crippen LogP contribution in [-0.4, -0.2) is 0 Å². The predicted octanol–water partition coefficient (Wildman–Crippen LogP) is 4.99. The first kappa shape index (κ1) is 12.2. The van der Waals surface area contributed by atoms with Crippen LogP contribution in [0, 0.1) is 6.92 Å². The molecular weight excluding hydrogens is 228 g/mol. The summed E-state index contributed by atoms with van der Waals surface area (Å²) in [6, 6.07) is 16.9. The molecule has 2 aromatic carbocycles. The van der Waals surface area contributed by atoms with E-state index < -0.39 is 0 Å². The van der Waals surface area contributed by atoms with Gasteiger partial charge in [-0.05, 0) is 42.5 Å². The van der Waals surface area contributed by atoms with Gasteiger partial charge in [-0.1, -0.05) is 60.5 Å². The molecule has 0 aliphatic carbocycles. The summed E-state index contributed by atoms with van der Waals surface area (Å²) in [7, 11) is 0. The number of halogens is 1. The van der Waals surface area contributed by atoms with Crippen molar-refractivity contribution in [2.24, 2.45) is 0 Å². The highest BCUT2D eigenvalue weighted by atomic mass is 35.5. The van der Waals surface area contributed by atoms with Crippen LogP contribution in [0.25, 0.3) is 0 Å². The third-order valence-corrected chi connectivity index (χ3v) is 3.32. The van der Waals surface area contributed by atoms with E-state index in [4.69, 9.17) is 11.6 Å². The van der Waals surface area contributed by atoms with Crippen LogP contribution in [0.15, 0.2) is 48.5 Å². The second kappa shape index (κ2) is 5.37. The summed E-state index contributed by atoms with van der Waals surface area (Å²) >= 11 is 5.90. The molecule has 0 nitrogen and oxygen atoms in total. The number of hydrogen-bond acceptors (Lipinski definition) is 0. The first-order chi connectivity index (χ1) is 8.15. The van der Waals surface area contributed by atoms with Gasteiger partial charge in [-0.15, -0.1) is 0 Å². The number of benzene rings is 2. The molecule has 0 bridgehead atoms. The van der Waals surface area contributed by atoms with Crippen LogP contribution >= 0.6 is 11.6 Å². The molecule has 0 saturated carbocycles. The molecular formula is C16H17Cl. The zero-order valence-electron chi connectivity index (χ0n) is 10.3. The molecule has 1 unspecified atom stereocenters. The van der Waals surface area contributed by atoms with Gasteiger partial charge in [-0.2, -0.15) is 0 Å². The monoisotopic (exact) mass is 244 g/mol. The number of rotatable bonds is 3. The molecule has 2 rings (SSSR count). The van der Waals surface area contributed by atoms with E-state index in [1.807, 2.05) is 12.1 Å². The Hall–Kier alpha value is -1.27. The molecule has 0 aliphatic heterocycles. The third-order valence-electron chi connectivity index (χ3n) is 3.06. The first-order valence-corrected chi connectivity index (χ1v) is 6.34. The van der Waals surface area contributed by atoms with Crippen molar-refractivity contribution in [2.75, 3.05) is 0 Å². The minimum Gasteiger partial charge on any atom is -0.0843 e. The lowest BCUT2D eigenvalue weighted by molar-refractivity contribution is 0.759. The van der Waals surface area contributed by atoms with Crippen LogP contribution in [0.1, 0.15) is 29.5 Å². The van der Waals surface area contributed by atoms with Crippen molar-refractivity contribution < 1.29 is 0 Å². The fourth-order valence-electron chi connectivity index (χ4n) is 2.10. The van der Waals surface area contributed by atoms with Crippen LogP contribution in [0.4, 0.5) is 0 Å². The lowest BCUT2D eigenvalue weighted by Gasteiger charge is -2.12. The fourth-order valence-corrected chi connectivity index (χ4v) is 2.23. The standard InChI is InChI=1S/C16H17Cl/c1-12-4-3-5-14(10-12)11-13(2)15-6-8-16(17)9-7-15/h3-10,13H,11H2,1-2H3. The molecule has 0 spiro atoms. The Labute approximate surface area is 108 Å². The Morgan fingerprint density at radius 2 is 1.76 bits per heavy atom. The Morgan fingerprint density at radius 3 is 2.41 bits per heavy atom. The van der Waals surface area contributed by atoms with E-state index in [0.29, 0.717) is 5.92 Å². The molecule has 0 radical (unpaired) electrons. The van der Waals surface area contributed by atoms with Gasteiger partial charge in [0.25, 0.3) is 0 Å². The highest BCUT2D eigenvalue weighted by Gasteiger charge is 2.06. The summed E-state index contributed by atoms with van der Waals surface area (Å²) in [6.07, 6.45) is 1.07. The molecule has 88 valence electrons. The highest BCUT2D eigenvalue weighted by Crippen LogP contribution is 2.22. The second-order valence-corrected chi connectivity index (χ2v) is 5.08. The molecule has 17 heavy (non-hydrogen) atoms. The van der Waals surface area contributed by atoms with Crippen LogP contribution in [0.5, 0.6) is 0 Å². The van der Waals surface area contributed by atoms with Gasteiger partial charge < -0.3 is 0 Å². The van der Waals surface area contributed by atoms with Gasteiger partial charge in [0.2, 0.25) is 0 Å². The molecule has 0 amide bonds. The predicted molar refractivity (Wildman–Crippen MR) is 74.8 cm³/mol. The lowest BCUT2D eigenvalue weighted by Crippen LogP contribution is -1.98. The fraction of sp³-hybridized carbons (Fsp3) is 0.250. The van der Waals surface area contributed by atoms with E-state index in [1.165, 1.54) is 16.7 Å². The minimum atomic E-state index is 0.522. The van der Waals surface area contributed by atoms with Crippen LogP contribution in [0.2, 0.25) is 5.02 Å². The summed E-state index contributed by atoms with van der Waals surface area (Å²) in [6.45, 7) is 4.39. The molecule has 1 heteroatoms. The zero-order valence-corrected chi connectivity index (χ0v) is 11.0. The van der Waals surface area contributed by atoms with Gasteiger partial charge in [0.05, 0.1) is 0 Å². The van der Waals surface area contributed by atoms with E-state index in [0.717, 1.165) is 11.4 Å². The van der Waals surface area contributed by atoms with Crippen molar-refractivity contribution >= 4 is 11.6 Å². The Balaban J connectivity index is 2.11. The lowest BCUT2D eigenvalue weighted by atomic mass is 9.93. The van der Waals surface area contributed by atoms with Crippen molar-refractivity contribution in [1.29, 1.82) is 0 Å². The van der Waals surface area contributed by atoms with Crippen molar-refractivity contribution in [3.8, 4) is 0 Å². The van der Waals surface area contributed by atoms with E-state index in [1.54, 1.807) is 0 Å². The Bertz CT molecular complexity index is 485. The largest absolute Gasteiger partial charge is 0.0843 e. The average Bonchev–Trinajstić information content (AvgIpc) is 2.29. The maximum Gasteiger partial charge on any atom is 0.0406 e. The Kier molecular flexibility index (Phi) is 3.86. The summed E-state index contributed by atoms with van der Waals surface area (Å²) in [4.78, 5) is 0. The maximum absolute atomic E-state index is 5.90. The molecule has 0 N–H and O–H groups in total. The SMILES string of the molecule is Cc1cccc(CC(C)c2ccc(Cl)cc2)c1. The van der Waals surface area contributed by atoms with E-state index >= 15 is 0 Å². The van der Waals surface area contributed by atoms with Crippen molar-refractivity contribution in [3.63, 3.8) is 0 Å². The summed E-state index contributed by atoms with van der Waals surface area (Å²) in [5.41, 5.74) is 4.06. The third kappa shape index (κ3) is 3.34. The van der Waals surface area contributed by atoms with Gasteiger partial charge >= 0.3 is 0 Å². The molecule has 0 saturated heterocycles. The molecule has 1 atom stereocenters. The van der Waals surface area contributed by atoms with Gasteiger partial charge in [-0.3, -0.25) is 0 Å². The quantitative estimate of drug-likeness (QED) is 0.713. The topological polar surface area (TPSA) is 0 Å². The molecule has 0 aromatic heterocycles. The normalized spacial score (nSPS) is 12.4. The minimum absolute atomic E-state index is 0.522. The average molecular weight is 245 g/mol. The molecule has 0 fully saturated rings. The smallest absolute Gasteiger partial charge is 0.0406 e. The zero-order chi connectivity index (χ0) is 12.3. The van der Waals surface area contributed by atoms with Crippen molar-refractivity contribution in [3.05, 3.63) is 70.2 Å². The second-order valence-electron chi connectivity index (χ2n) is 4.65. The Morgan fingerprint density at radius 1 is 1.06 bits per heavy atom. The van der Waals surface area contributed by atoms with E-state index in [-0.39, 0.29) is 0 Å².